The Bertz CT molecular complexity index is 265. The largest absolute Gasteiger partial charge is 0.508 e. The van der Waals surface area contributed by atoms with Gasteiger partial charge in [0.1, 0.15) is 5.76 Å². The molecule has 0 saturated carbocycles. The molecule has 0 saturated heterocycles. The van der Waals surface area contributed by atoms with Gasteiger partial charge in [-0.2, -0.15) is 0 Å². The second kappa shape index (κ2) is 6.30. The quantitative estimate of drug-likeness (QED) is 0.513. The van der Waals surface area contributed by atoms with Gasteiger partial charge in [-0.3, -0.25) is 0 Å². The first kappa shape index (κ1) is 11.8. The normalized spacial score (nSPS) is 15.5. The van der Waals surface area contributed by atoms with Crippen molar-refractivity contribution < 1.29 is 5.11 Å². The van der Waals surface area contributed by atoms with Crippen LogP contribution in [0.5, 0.6) is 0 Å². The van der Waals surface area contributed by atoms with Gasteiger partial charge >= 0.3 is 0 Å². The summed E-state index contributed by atoms with van der Waals surface area (Å²) in [6.45, 7) is 7.71. The monoisotopic (exact) mass is 178 g/mol. The van der Waals surface area contributed by atoms with Crippen molar-refractivity contribution in [3.63, 3.8) is 0 Å². The van der Waals surface area contributed by atoms with Gasteiger partial charge in [-0.1, -0.05) is 24.3 Å². The van der Waals surface area contributed by atoms with E-state index in [-0.39, 0.29) is 0 Å². The lowest BCUT2D eigenvalue weighted by atomic mass is 10.1. The Morgan fingerprint density at radius 2 is 1.77 bits per heavy atom. The molecular weight excluding hydrogens is 160 g/mol. The van der Waals surface area contributed by atoms with Gasteiger partial charge in [-0.25, -0.2) is 0 Å². The van der Waals surface area contributed by atoms with Crippen LogP contribution >= 0.6 is 0 Å². The van der Waals surface area contributed by atoms with Gasteiger partial charge in [0.05, 0.1) is 0 Å². The van der Waals surface area contributed by atoms with Crippen molar-refractivity contribution in [3.05, 3.63) is 47.3 Å². The van der Waals surface area contributed by atoms with Gasteiger partial charge in [0.2, 0.25) is 0 Å². The van der Waals surface area contributed by atoms with Crippen molar-refractivity contribution >= 4 is 0 Å². The maximum Gasteiger partial charge on any atom is 0.118 e. The Kier molecular flexibility index (Phi) is 5.69. The van der Waals surface area contributed by atoms with Gasteiger partial charge in [0, 0.05) is 0 Å². The van der Waals surface area contributed by atoms with E-state index in [1.54, 1.807) is 6.08 Å². The minimum atomic E-state index is 0.334. The van der Waals surface area contributed by atoms with Gasteiger partial charge in [0.25, 0.3) is 0 Å². The topological polar surface area (TPSA) is 20.2 Å². The molecule has 0 spiro atoms. The van der Waals surface area contributed by atoms with Crippen LogP contribution < -0.4 is 0 Å². The average Bonchev–Trinajstić information content (AvgIpc) is 2.13. The number of rotatable bonds is 3. The lowest BCUT2D eigenvalue weighted by molar-refractivity contribution is 0.423. The third kappa shape index (κ3) is 5.07. The van der Waals surface area contributed by atoms with E-state index < -0.39 is 0 Å². The maximum absolute atomic E-state index is 9.52. The van der Waals surface area contributed by atoms with Crippen LogP contribution in [0.3, 0.4) is 0 Å². The Morgan fingerprint density at radius 1 is 1.15 bits per heavy atom. The summed E-state index contributed by atoms with van der Waals surface area (Å²) in [6.07, 6.45) is 9.50. The van der Waals surface area contributed by atoms with Crippen LogP contribution in [0.4, 0.5) is 0 Å². The summed E-state index contributed by atoms with van der Waals surface area (Å²) in [6, 6.07) is 0. The first-order chi connectivity index (χ1) is 6.11. The maximum atomic E-state index is 9.52. The molecule has 0 aliphatic heterocycles. The molecule has 0 aromatic rings. The lowest BCUT2D eigenvalue weighted by Crippen LogP contribution is -1.83. The zero-order valence-electron chi connectivity index (χ0n) is 8.83. The zero-order valence-corrected chi connectivity index (χ0v) is 8.83. The summed E-state index contributed by atoms with van der Waals surface area (Å²) in [4.78, 5) is 0. The van der Waals surface area contributed by atoms with Crippen molar-refractivity contribution in [1.29, 1.82) is 0 Å². The number of aliphatic hydroxyl groups is 1. The van der Waals surface area contributed by atoms with E-state index in [1.807, 2.05) is 52.0 Å². The van der Waals surface area contributed by atoms with Crippen LogP contribution in [-0.4, -0.2) is 5.11 Å². The molecule has 0 bridgehead atoms. The van der Waals surface area contributed by atoms with Crippen LogP contribution in [0.2, 0.25) is 0 Å². The van der Waals surface area contributed by atoms with E-state index in [1.165, 1.54) is 0 Å². The molecule has 1 nitrogen and oxygen atoms in total. The molecule has 0 atom stereocenters. The van der Waals surface area contributed by atoms with Crippen LogP contribution in [0.1, 0.15) is 27.7 Å². The van der Waals surface area contributed by atoms with Crippen LogP contribution in [0.15, 0.2) is 47.3 Å². The summed E-state index contributed by atoms with van der Waals surface area (Å²) in [5.74, 6) is 0.334. The Labute approximate surface area is 80.8 Å². The van der Waals surface area contributed by atoms with Crippen LogP contribution in [0.25, 0.3) is 0 Å². The molecule has 0 unspecified atom stereocenters. The summed E-state index contributed by atoms with van der Waals surface area (Å²) in [5.41, 5.74) is 1.94. The zero-order chi connectivity index (χ0) is 10.3. The highest BCUT2D eigenvalue weighted by atomic mass is 16.3. The van der Waals surface area contributed by atoms with Gasteiger partial charge in [-0.15, -0.1) is 0 Å². The molecule has 0 amide bonds. The van der Waals surface area contributed by atoms with E-state index in [9.17, 15) is 5.11 Å². The van der Waals surface area contributed by atoms with Crippen molar-refractivity contribution in [2.24, 2.45) is 0 Å². The average molecular weight is 178 g/mol. The molecule has 0 heterocycles. The van der Waals surface area contributed by atoms with E-state index >= 15 is 0 Å². The van der Waals surface area contributed by atoms with Crippen molar-refractivity contribution in [2.75, 3.05) is 0 Å². The Balaban J connectivity index is 4.56. The summed E-state index contributed by atoms with van der Waals surface area (Å²) < 4.78 is 0. The molecule has 72 valence electrons. The van der Waals surface area contributed by atoms with Crippen LogP contribution in [-0.2, 0) is 0 Å². The first-order valence-corrected chi connectivity index (χ1v) is 4.45. The fourth-order valence-electron chi connectivity index (χ4n) is 0.773. The standard InChI is InChI=1S/C12H18O/c1-5-7-8-10(3)9-12(13)11(4)6-2/h5-9,13H,1-4H3/b7-5+,10-8-,11-6+,12-9+. The predicted molar refractivity (Wildman–Crippen MR) is 58.7 cm³/mol. The minimum absolute atomic E-state index is 0.334. The minimum Gasteiger partial charge on any atom is -0.508 e. The summed E-state index contributed by atoms with van der Waals surface area (Å²) >= 11 is 0. The summed E-state index contributed by atoms with van der Waals surface area (Å²) in [7, 11) is 0. The molecule has 1 heteroatoms. The van der Waals surface area contributed by atoms with Crippen molar-refractivity contribution in [3.8, 4) is 0 Å². The van der Waals surface area contributed by atoms with Gasteiger partial charge in [0.15, 0.2) is 0 Å². The van der Waals surface area contributed by atoms with E-state index in [4.69, 9.17) is 0 Å². The third-order valence-electron chi connectivity index (χ3n) is 1.75. The molecule has 0 fully saturated rings. The highest BCUT2D eigenvalue weighted by Gasteiger charge is 1.93. The molecular formula is C12H18O. The number of hydrogen-bond acceptors (Lipinski definition) is 1. The van der Waals surface area contributed by atoms with Crippen LogP contribution in [0, 0.1) is 0 Å². The number of hydrogen-bond donors (Lipinski definition) is 1. The van der Waals surface area contributed by atoms with E-state index in [0.29, 0.717) is 5.76 Å². The predicted octanol–water partition coefficient (Wildman–Crippen LogP) is 3.92. The van der Waals surface area contributed by atoms with Gasteiger partial charge < -0.3 is 5.11 Å². The fraction of sp³-hybridized carbons (Fsp3) is 0.333. The lowest BCUT2D eigenvalue weighted by Gasteiger charge is -1.98. The first-order valence-electron chi connectivity index (χ1n) is 4.45. The fourth-order valence-corrected chi connectivity index (χ4v) is 0.773. The molecule has 0 aromatic carbocycles. The van der Waals surface area contributed by atoms with Crippen molar-refractivity contribution in [2.45, 2.75) is 27.7 Å². The molecule has 0 aromatic heterocycles. The molecule has 0 aliphatic rings. The second-order valence-electron chi connectivity index (χ2n) is 2.94. The highest BCUT2D eigenvalue weighted by Crippen LogP contribution is 2.08. The van der Waals surface area contributed by atoms with E-state index in [0.717, 1.165) is 11.1 Å². The number of aliphatic hydroxyl groups excluding tert-OH is 1. The molecule has 13 heavy (non-hydrogen) atoms. The van der Waals surface area contributed by atoms with Crippen molar-refractivity contribution in [1.82, 2.24) is 0 Å². The Hall–Kier alpha value is -1.24. The van der Waals surface area contributed by atoms with E-state index in [2.05, 4.69) is 0 Å². The molecule has 0 radical (unpaired) electrons. The van der Waals surface area contributed by atoms with Gasteiger partial charge in [-0.05, 0) is 44.9 Å². The SMILES string of the molecule is C/C=C/C=C(C)\C=C(O)/C(C)=C/C. The Morgan fingerprint density at radius 3 is 2.23 bits per heavy atom. The highest BCUT2D eigenvalue weighted by molar-refractivity contribution is 5.31. The smallest absolute Gasteiger partial charge is 0.118 e. The second-order valence-corrected chi connectivity index (χ2v) is 2.94. The molecule has 0 rings (SSSR count). The summed E-state index contributed by atoms with van der Waals surface area (Å²) in [5, 5.41) is 9.52. The number of allylic oxidation sites excluding steroid dienone is 7. The molecule has 0 aliphatic carbocycles. The third-order valence-corrected chi connectivity index (χ3v) is 1.75. The molecule has 1 N–H and O–H groups in total.